The monoisotopic (exact) mass is 213 g/mol. The van der Waals surface area contributed by atoms with E-state index in [9.17, 15) is 0 Å². The first-order valence-corrected chi connectivity index (χ1v) is 5.89. The van der Waals surface area contributed by atoms with Crippen molar-refractivity contribution in [1.82, 2.24) is 10.1 Å². The van der Waals surface area contributed by atoms with Crippen molar-refractivity contribution in [2.75, 3.05) is 11.5 Å². The highest BCUT2D eigenvalue weighted by atomic mass is 32.2. The fraction of sp³-hybridized carbons (Fsp3) is 0.778. The Morgan fingerprint density at radius 3 is 2.79 bits per heavy atom. The van der Waals surface area contributed by atoms with Gasteiger partial charge in [0.05, 0.1) is 0 Å². The minimum atomic E-state index is -0.280. The Kier molecular flexibility index (Phi) is 2.53. The second kappa shape index (κ2) is 3.55. The predicted molar refractivity (Wildman–Crippen MR) is 56.3 cm³/mol. The molecule has 0 radical (unpaired) electrons. The zero-order valence-electron chi connectivity index (χ0n) is 8.49. The molecule has 4 nitrogen and oxygen atoms in total. The van der Waals surface area contributed by atoms with Crippen LogP contribution in [0.1, 0.15) is 31.5 Å². The molecule has 1 saturated heterocycles. The third kappa shape index (κ3) is 2.27. The molecule has 5 heteroatoms. The number of rotatable bonds is 3. The third-order valence-corrected chi connectivity index (χ3v) is 3.37. The summed E-state index contributed by atoms with van der Waals surface area (Å²) in [6.45, 7) is 3.91. The lowest BCUT2D eigenvalue weighted by molar-refractivity contribution is 0.343. The molecule has 14 heavy (non-hydrogen) atoms. The van der Waals surface area contributed by atoms with Gasteiger partial charge in [0.1, 0.15) is 0 Å². The Balaban J connectivity index is 2.02. The van der Waals surface area contributed by atoms with E-state index < -0.39 is 0 Å². The van der Waals surface area contributed by atoms with Gasteiger partial charge in [-0.2, -0.15) is 16.7 Å². The Morgan fingerprint density at radius 2 is 2.29 bits per heavy atom. The van der Waals surface area contributed by atoms with Crippen molar-refractivity contribution in [2.24, 2.45) is 5.73 Å². The maximum absolute atomic E-state index is 5.87. The fourth-order valence-corrected chi connectivity index (χ4v) is 2.05. The summed E-state index contributed by atoms with van der Waals surface area (Å²) in [4.78, 5) is 4.35. The lowest BCUT2D eigenvalue weighted by Crippen LogP contribution is -2.34. The molecule has 0 atom stereocenters. The maximum atomic E-state index is 5.87. The van der Waals surface area contributed by atoms with Crippen molar-refractivity contribution in [3.05, 3.63) is 11.7 Å². The van der Waals surface area contributed by atoms with Crippen LogP contribution in [0.25, 0.3) is 0 Å². The standard InChI is InChI=1S/C9H15N3OS/c1-9(2,10)3-7-11-8(12-13-7)6-4-14-5-6/h6H,3-5,10H2,1-2H3. The van der Waals surface area contributed by atoms with Gasteiger partial charge in [0.15, 0.2) is 5.82 Å². The topological polar surface area (TPSA) is 64.9 Å². The van der Waals surface area contributed by atoms with E-state index in [1.165, 1.54) is 0 Å². The minimum absolute atomic E-state index is 0.280. The molecule has 1 aliphatic heterocycles. The van der Waals surface area contributed by atoms with E-state index in [2.05, 4.69) is 10.1 Å². The van der Waals surface area contributed by atoms with Crippen LogP contribution in [-0.2, 0) is 6.42 Å². The van der Waals surface area contributed by atoms with Gasteiger partial charge in [0.25, 0.3) is 0 Å². The highest BCUT2D eigenvalue weighted by Gasteiger charge is 2.26. The molecular formula is C9H15N3OS. The van der Waals surface area contributed by atoms with Gasteiger partial charge in [-0.25, -0.2) is 0 Å². The van der Waals surface area contributed by atoms with E-state index in [-0.39, 0.29) is 5.54 Å². The Morgan fingerprint density at radius 1 is 1.57 bits per heavy atom. The van der Waals surface area contributed by atoms with Crippen LogP contribution in [0.4, 0.5) is 0 Å². The Labute approximate surface area is 87.6 Å². The summed E-state index contributed by atoms with van der Waals surface area (Å²) < 4.78 is 5.15. The predicted octanol–water partition coefficient (Wildman–Crippen LogP) is 1.18. The Hall–Kier alpha value is -0.550. The van der Waals surface area contributed by atoms with Gasteiger partial charge >= 0.3 is 0 Å². The van der Waals surface area contributed by atoms with E-state index in [0.29, 0.717) is 18.2 Å². The van der Waals surface area contributed by atoms with Crippen LogP contribution in [0.15, 0.2) is 4.52 Å². The van der Waals surface area contributed by atoms with Crippen molar-refractivity contribution in [1.29, 1.82) is 0 Å². The highest BCUT2D eigenvalue weighted by Crippen LogP contribution is 2.32. The second-order valence-electron chi connectivity index (χ2n) is 4.45. The van der Waals surface area contributed by atoms with Crippen LogP contribution < -0.4 is 5.73 Å². The van der Waals surface area contributed by atoms with Crippen LogP contribution in [0.2, 0.25) is 0 Å². The molecule has 78 valence electrons. The molecule has 1 aromatic rings. The number of nitrogens with two attached hydrogens (primary N) is 1. The molecule has 1 fully saturated rings. The zero-order chi connectivity index (χ0) is 10.2. The van der Waals surface area contributed by atoms with Crippen LogP contribution >= 0.6 is 11.8 Å². The van der Waals surface area contributed by atoms with Gasteiger partial charge in [0, 0.05) is 29.4 Å². The van der Waals surface area contributed by atoms with Crippen molar-refractivity contribution in [2.45, 2.75) is 31.7 Å². The summed E-state index contributed by atoms with van der Waals surface area (Å²) in [6.07, 6.45) is 0.639. The number of thioether (sulfide) groups is 1. The van der Waals surface area contributed by atoms with E-state index in [1.54, 1.807) is 0 Å². The maximum Gasteiger partial charge on any atom is 0.228 e. The Bertz CT molecular complexity index is 314. The quantitative estimate of drug-likeness (QED) is 0.816. The molecular weight excluding hydrogens is 198 g/mol. The molecule has 1 aromatic heterocycles. The lowest BCUT2D eigenvalue weighted by Gasteiger charge is -2.20. The van der Waals surface area contributed by atoms with Crippen LogP contribution in [0, 0.1) is 0 Å². The normalized spacial score (nSPS) is 18.2. The van der Waals surface area contributed by atoms with Gasteiger partial charge in [-0.05, 0) is 13.8 Å². The molecule has 0 spiro atoms. The van der Waals surface area contributed by atoms with E-state index >= 15 is 0 Å². The van der Waals surface area contributed by atoms with Crippen molar-refractivity contribution < 1.29 is 4.52 Å². The molecule has 0 bridgehead atoms. The van der Waals surface area contributed by atoms with E-state index in [1.807, 2.05) is 25.6 Å². The zero-order valence-corrected chi connectivity index (χ0v) is 9.30. The van der Waals surface area contributed by atoms with Gasteiger partial charge < -0.3 is 10.3 Å². The number of nitrogens with zero attached hydrogens (tertiary/aromatic N) is 2. The summed E-state index contributed by atoms with van der Waals surface area (Å²) in [5.74, 6) is 4.24. The molecule has 2 rings (SSSR count). The molecule has 0 aliphatic carbocycles. The second-order valence-corrected chi connectivity index (χ2v) is 5.52. The summed E-state index contributed by atoms with van der Waals surface area (Å²) in [5, 5.41) is 3.97. The lowest BCUT2D eigenvalue weighted by atomic mass is 10.0. The fourth-order valence-electron chi connectivity index (χ4n) is 1.28. The average molecular weight is 213 g/mol. The molecule has 0 saturated carbocycles. The summed E-state index contributed by atoms with van der Waals surface area (Å²) in [7, 11) is 0. The van der Waals surface area contributed by atoms with Gasteiger partial charge in [-0.3, -0.25) is 0 Å². The van der Waals surface area contributed by atoms with Crippen molar-refractivity contribution >= 4 is 11.8 Å². The largest absolute Gasteiger partial charge is 0.339 e. The molecule has 2 N–H and O–H groups in total. The number of hydrogen-bond acceptors (Lipinski definition) is 5. The third-order valence-electron chi connectivity index (χ3n) is 2.09. The molecule has 0 amide bonds. The minimum Gasteiger partial charge on any atom is -0.339 e. The summed E-state index contributed by atoms with van der Waals surface area (Å²) in [5.41, 5.74) is 5.59. The van der Waals surface area contributed by atoms with E-state index in [0.717, 1.165) is 17.3 Å². The summed E-state index contributed by atoms with van der Waals surface area (Å²) in [6, 6.07) is 0. The van der Waals surface area contributed by atoms with E-state index in [4.69, 9.17) is 10.3 Å². The first-order valence-electron chi connectivity index (χ1n) is 4.74. The van der Waals surface area contributed by atoms with Crippen LogP contribution in [-0.4, -0.2) is 27.2 Å². The molecule has 1 aliphatic rings. The van der Waals surface area contributed by atoms with Gasteiger partial charge in [0.2, 0.25) is 5.89 Å². The van der Waals surface area contributed by atoms with Gasteiger partial charge in [-0.1, -0.05) is 5.16 Å². The first-order chi connectivity index (χ1) is 6.54. The molecule has 0 aromatic carbocycles. The highest BCUT2D eigenvalue weighted by molar-refractivity contribution is 8.00. The van der Waals surface area contributed by atoms with Gasteiger partial charge in [-0.15, -0.1) is 0 Å². The SMILES string of the molecule is CC(C)(N)Cc1nc(C2CSC2)no1. The first kappa shape index (κ1) is 9.98. The summed E-state index contributed by atoms with van der Waals surface area (Å²) >= 11 is 1.92. The van der Waals surface area contributed by atoms with Crippen molar-refractivity contribution in [3.8, 4) is 0 Å². The molecule has 0 unspecified atom stereocenters. The molecule has 2 heterocycles. The van der Waals surface area contributed by atoms with Crippen molar-refractivity contribution in [3.63, 3.8) is 0 Å². The average Bonchev–Trinajstić information content (AvgIpc) is 2.28. The smallest absolute Gasteiger partial charge is 0.228 e. The number of hydrogen-bond donors (Lipinski definition) is 1. The van der Waals surface area contributed by atoms with Crippen LogP contribution in [0.5, 0.6) is 0 Å². The van der Waals surface area contributed by atoms with Crippen LogP contribution in [0.3, 0.4) is 0 Å². The number of aromatic nitrogens is 2.